The molecule has 0 spiro atoms. The number of nitrogens with zero attached hydrogens (tertiary/aromatic N) is 3. The lowest BCUT2D eigenvalue weighted by Crippen LogP contribution is -2.35. The van der Waals surface area contributed by atoms with Crippen LogP contribution in [0.1, 0.15) is 36.3 Å². The molecule has 1 aromatic heterocycles. The third-order valence-corrected chi connectivity index (χ3v) is 3.68. The normalized spacial score (nSPS) is 23.9. The molecule has 2 aliphatic rings. The first-order chi connectivity index (χ1) is 7.25. The zero-order valence-electron chi connectivity index (χ0n) is 9.45. The van der Waals surface area contributed by atoms with Crippen molar-refractivity contribution in [2.75, 3.05) is 11.4 Å². The Kier molecular flexibility index (Phi) is 1.94. The number of fused-ring (bicyclic) bond motifs is 3. The summed E-state index contributed by atoms with van der Waals surface area (Å²) in [4.78, 5) is 11.6. The molecule has 3 heterocycles. The Morgan fingerprint density at radius 3 is 2.93 bits per heavy atom. The van der Waals surface area contributed by atoms with E-state index in [-0.39, 0.29) is 0 Å². The van der Waals surface area contributed by atoms with Gasteiger partial charge in [0, 0.05) is 23.8 Å². The number of rotatable bonds is 0. The summed E-state index contributed by atoms with van der Waals surface area (Å²) < 4.78 is 0. The molecule has 0 bridgehead atoms. The largest absolute Gasteiger partial charge is 0.353 e. The van der Waals surface area contributed by atoms with Gasteiger partial charge in [-0.15, -0.1) is 0 Å². The second-order valence-corrected chi connectivity index (χ2v) is 4.69. The molecular weight excluding hydrogens is 186 g/mol. The first kappa shape index (κ1) is 9.13. The van der Waals surface area contributed by atoms with Crippen molar-refractivity contribution in [3.8, 4) is 0 Å². The fraction of sp³-hybridized carbons (Fsp3) is 0.667. The Morgan fingerprint density at radius 1 is 1.20 bits per heavy atom. The number of hydrogen-bond donors (Lipinski definition) is 0. The summed E-state index contributed by atoms with van der Waals surface area (Å²) in [6.45, 7) is 5.30. The molecule has 2 aliphatic heterocycles. The molecule has 80 valence electrons. The van der Waals surface area contributed by atoms with Gasteiger partial charge in [-0.1, -0.05) is 0 Å². The van der Waals surface area contributed by atoms with E-state index in [0.717, 1.165) is 11.9 Å². The van der Waals surface area contributed by atoms with Crippen LogP contribution >= 0.6 is 0 Å². The molecule has 3 rings (SSSR count). The van der Waals surface area contributed by atoms with Crippen LogP contribution in [0.25, 0.3) is 0 Å². The van der Waals surface area contributed by atoms with Crippen LogP contribution in [0.4, 0.5) is 5.82 Å². The van der Waals surface area contributed by atoms with Crippen LogP contribution in [0.3, 0.4) is 0 Å². The van der Waals surface area contributed by atoms with E-state index in [1.807, 2.05) is 6.92 Å². The van der Waals surface area contributed by atoms with Gasteiger partial charge >= 0.3 is 0 Å². The van der Waals surface area contributed by atoms with Gasteiger partial charge in [0.1, 0.15) is 11.6 Å². The lowest BCUT2D eigenvalue weighted by Gasteiger charge is -2.33. The second-order valence-electron chi connectivity index (χ2n) is 4.69. The highest BCUT2D eigenvalue weighted by molar-refractivity contribution is 5.53. The van der Waals surface area contributed by atoms with Crippen molar-refractivity contribution in [2.24, 2.45) is 0 Å². The molecule has 1 saturated heterocycles. The zero-order chi connectivity index (χ0) is 10.4. The summed E-state index contributed by atoms with van der Waals surface area (Å²) in [6.07, 6.45) is 5.14. The van der Waals surface area contributed by atoms with E-state index < -0.39 is 0 Å². The average Bonchev–Trinajstić information content (AvgIpc) is 2.65. The lowest BCUT2D eigenvalue weighted by atomic mass is 9.98. The van der Waals surface area contributed by atoms with E-state index in [1.165, 1.54) is 49.3 Å². The van der Waals surface area contributed by atoms with Gasteiger partial charge in [-0.05, 0) is 39.5 Å². The van der Waals surface area contributed by atoms with Crippen LogP contribution < -0.4 is 4.90 Å². The first-order valence-corrected chi connectivity index (χ1v) is 5.86. The standard InChI is InChI=1S/C12H17N3/c1-8-11-6-5-10-4-3-7-15(10)12(11)14-9(2)13-8/h10H,3-7H2,1-2H3. The number of aromatic nitrogens is 2. The van der Waals surface area contributed by atoms with Crippen molar-refractivity contribution in [2.45, 2.75) is 45.6 Å². The van der Waals surface area contributed by atoms with Gasteiger partial charge in [-0.3, -0.25) is 0 Å². The smallest absolute Gasteiger partial charge is 0.135 e. The Hall–Kier alpha value is -1.12. The van der Waals surface area contributed by atoms with Crippen LogP contribution in [0.2, 0.25) is 0 Å². The fourth-order valence-electron chi connectivity index (χ4n) is 2.97. The molecule has 1 unspecified atom stereocenters. The molecule has 15 heavy (non-hydrogen) atoms. The van der Waals surface area contributed by atoms with Crippen LogP contribution in [-0.4, -0.2) is 22.6 Å². The number of anilines is 1. The molecular formula is C12H17N3. The highest BCUT2D eigenvalue weighted by atomic mass is 15.2. The van der Waals surface area contributed by atoms with Gasteiger partial charge in [0.05, 0.1) is 0 Å². The minimum atomic E-state index is 0.756. The van der Waals surface area contributed by atoms with E-state index >= 15 is 0 Å². The van der Waals surface area contributed by atoms with Gasteiger partial charge in [-0.25, -0.2) is 9.97 Å². The van der Waals surface area contributed by atoms with E-state index in [0.29, 0.717) is 0 Å². The number of hydrogen-bond acceptors (Lipinski definition) is 3. The predicted molar refractivity (Wildman–Crippen MR) is 60.2 cm³/mol. The fourth-order valence-corrected chi connectivity index (χ4v) is 2.97. The summed E-state index contributed by atoms with van der Waals surface area (Å²) in [6, 6.07) is 0.756. The van der Waals surface area contributed by atoms with Crippen LogP contribution in [0.5, 0.6) is 0 Å². The van der Waals surface area contributed by atoms with E-state index in [4.69, 9.17) is 0 Å². The molecule has 1 fully saturated rings. The van der Waals surface area contributed by atoms with Crippen molar-refractivity contribution < 1.29 is 0 Å². The monoisotopic (exact) mass is 203 g/mol. The molecule has 0 N–H and O–H groups in total. The van der Waals surface area contributed by atoms with Crippen LogP contribution in [-0.2, 0) is 6.42 Å². The third kappa shape index (κ3) is 1.33. The van der Waals surface area contributed by atoms with Gasteiger partial charge < -0.3 is 4.90 Å². The van der Waals surface area contributed by atoms with Crippen LogP contribution in [0.15, 0.2) is 0 Å². The Balaban J connectivity index is 2.12. The number of aryl methyl sites for hydroxylation is 2. The van der Waals surface area contributed by atoms with E-state index in [2.05, 4.69) is 21.8 Å². The van der Waals surface area contributed by atoms with Crippen LogP contribution in [0, 0.1) is 13.8 Å². The minimum absolute atomic E-state index is 0.756. The van der Waals surface area contributed by atoms with E-state index in [1.54, 1.807) is 0 Å². The maximum absolute atomic E-state index is 4.63. The third-order valence-electron chi connectivity index (χ3n) is 3.68. The Bertz CT molecular complexity index is 400. The maximum atomic E-state index is 4.63. The van der Waals surface area contributed by atoms with Crippen molar-refractivity contribution in [1.82, 2.24) is 9.97 Å². The summed E-state index contributed by atoms with van der Waals surface area (Å²) in [5.41, 5.74) is 2.57. The van der Waals surface area contributed by atoms with Crippen molar-refractivity contribution in [1.29, 1.82) is 0 Å². The predicted octanol–water partition coefficient (Wildman–Crippen LogP) is 2.01. The highest BCUT2D eigenvalue weighted by Gasteiger charge is 2.32. The molecule has 0 saturated carbocycles. The summed E-state index contributed by atoms with van der Waals surface area (Å²) in [5, 5.41) is 0. The average molecular weight is 203 g/mol. The molecule has 3 nitrogen and oxygen atoms in total. The van der Waals surface area contributed by atoms with Crippen molar-refractivity contribution in [3.05, 3.63) is 17.1 Å². The maximum Gasteiger partial charge on any atom is 0.135 e. The molecule has 1 atom stereocenters. The van der Waals surface area contributed by atoms with Gasteiger partial charge in [-0.2, -0.15) is 0 Å². The molecule has 0 amide bonds. The zero-order valence-corrected chi connectivity index (χ0v) is 9.45. The molecule has 1 aromatic rings. The molecule has 0 radical (unpaired) electrons. The summed E-state index contributed by atoms with van der Waals surface area (Å²) >= 11 is 0. The lowest BCUT2D eigenvalue weighted by molar-refractivity contribution is 0.573. The molecule has 3 heteroatoms. The molecule has 0 aromatic carbocycles. The van der Waals surface area contributed by atoms with Gasteiger partial charge in [0.15, 0.2) is 0 Å². The minimum Gasteiger partial charge on any atom is -0.353 e. The van der Waals surface area contributed by atoms with E-state index in [9.17, 15) is 0 Å². The first-order valence-electron chi connectivity index (χ1n) is 5.86. The Morgan fingerprint density at radius 2 is 2.07 bits per heavy atom. The van der Waals surface area contributed by atoms with Crippen molar-refractivity contribution in [3.63, 3.8) is 0 Å². The quantitative estimate of drug-likeness (QED) is 0.646. The van der Waals surface area contributed by atoms with Gasteiger partial charge in [0.2, 0.25) is 0 Å². The van der Waals surface area contributed by atoms with Gasteiger partial charge in [0.25, 0.3) is 0 Å². The SMILES string of the molecule is Cc1nc(C)c2c(n1)N1CCCC1CC2. The Labute approximate surface area is 90.5 Å². The topological polar surface area (TPSA) is 29.0 Å². The summed E-state index contributed by atoms with van der Waals surface area (Å²) in [7, 11) is 0. The molecule has 0 aliphatic carbocycles. The second kappa shape index (κ2) is 3.19. The highest BCUT2D eigenvalue weighted by Crippen LogP contribution is 2.35. The summed E-state index contributed by atoms with van der Waals surface area (Å²) in [5.74, 6) is 2.15. The van der Waals surface area contributed by atoms with Crippen molar-refractivity contribution >= 4 is 5.82 Å².